The highest BCUT2D eigenvalue weighted by atomic mass is 16.1. The molecule has 0 aliphatic carbocycles. The second-order valence-corrected chi connectivity index (χ2v) is 4.07. The lowest BCUT2D eigenvalue weighted by Crippen LogP contribution is -2.01. The average Bonchev–Trinajstić information content (AvgIpc) is 2.47. The smallest absolute Gasteiger partial charge is 0.193 e. The minimum Gasteiger partial charge on any atom is -0.289 e. The van der Waals surface area contributed by atoms with Gasteiger partial charge < -0.3 is 0 Å². The molecule has 2 aromatic carbocycles. The predicted molar refractivity (Wildman–Crippen MR) is 71.6 cm³/mol. The molecule has 0 bridgehead atoms. The molecule has 0 saturated heterocycles. The van der Waals surface area contributed by atoms with Gasteiger partial charge in [-0.15, -0.1) is 0 Å². The zero-order valence-corrected chi connectivity index (χ0v) is 9.71. The Bertz CT molecular complexity index is 699. The van der Waals surface area contributed by atoms with Crippen LogP contribution in [0.3, 0.4) is 0 Å². The van der Waals surface area contributed by atoms with E-state index in [2.05, 4.69) is 4.98 Å². The summed E-state index contributed by atoms with van der Waals surface area (Å²) in [5, 5.41) is 0.897. The summed E-state index contributed by atoms with van der Waals surface area (Å²) in [5.41, 5.74) is 2.25. The molecule has 0 aliphatic heterocycles. The van der Waals surface area contributed by atoms with Gasteiger partial charge in [0.2, 0.25) is 0 Å². The van der Waals surface area contributed by atoms with Crippen LogP contribution in [0.4, 0.5) is 0 Å². The Morgan fingerprint density at radius 2 is 1.67 bits per heavy atom. The average molecular weight is 233 g/mol. The molecular formula is C16H11NO. The van der Waals surface area contributed by atoms with E-state index in [1.54, 1.807) is 6.20 Å². The van der Waals surface area contributed by atoms with Gasteiger partial charge in [0.1, 0.15) is 0 Å². The van der Waals surface area contributed by atoms with Crippen LogP contribution in [0.15, 0.2) is 66.9 Å². The van der Waals surface area contributed by atoms with Crippen LogP contribution in [0, 0.1) is 0 Å². The van der Waals surface area contributed by atoms with Crippen molar-refractivity contribution in [2.75, 3.05) is 0 Å². The van der Waals surface area contributed by atoms with Crippen molar-refractivity contribution < 1.29 is 4.79 Å². The lowest BCUT2D eigenvalue weighted by atomic mass is 9.99. The number of ketones is 1. The van der Waals surface area contributed by atoms with Gasteiger partial charge in [0.05, 0.1) is 5.52 Å². The first-order chi connectivity index (χ1) is 8.86. The maximum Gasteiger partial charge on any atom is 0.193 e. The highest BCUT2D eigenvalue weighted by Gasteiger charge is 2.11. The van der Waals surface area contributed by atoms with Crippen molar-refractivity contribution >= 4 is 16.7 Å². The summed E-state index contributed by atoms with van der Waals surface area (Å²) in [6.45, 7) is 0. The van der Waals surface area contributed by atoms with Crippen molar-refractivity contribution in [3.63, 3.8) is 0 Å². The second kappa shape index (κ2) is 4.41. The van der Waals surface area contributed by atoms with Crippen LogP contribution in [0.5, 0.6) is 0 Å². The van der Waals surface area contributed by atoms with Crippen molar-refractivity contribution in [2.24, 2.45) is 0 Å². The van der Waals surface area contributed by atoms with Gasteiger partial charge in [-0.25, -0.2) is 0 Å². The maximum atomic E-state index is 12.4. The van der Waals surface area contributed by atoms with Crippen molar-refractivity contribution in [1.82, 2.24) is 4.98 Å². The number of fused-ring (bicyclic) bond motifs is 1. The molecule has 0 atom stereocenters. The maximum absolute atomic E-state index is 12.4. The first kappa shape index (κ1) is 10.7. The SMILES string of the molecule is O=C(c1ccccc1)c1cccc2ncccc12. The van der Waals surface area contributed by atoms with Gasteiger partial charge in [0, 0.05) is 22.7 Å². The molecule has 0 saturated carbocycles. The van der Waals surface area contributed by atoms with Gasteiger partial charge in [-0.1, -0.05) is 48.5 Å². The molecule has 0 N–H and O–H groups in total. The summed E-state index contributed by atoms with van der Waals surface area (Å²) in [5.74, 6) is 0.0363. The quantitative estimate of drug-likeness (QED) is 0.634. The third-order valence-corrected chi connectivity index (χ3v) is 2.93. The van der Waals surface area contributed by atoms with Crippen LogP contribution in [0.2, 0.25) is 0 Å². The Morgan fingerprint density at radius 1 is 0.833 bits per heavy atom. The summed E-state index contributed by atoms with van der Waals surface area (Å²) < 4.78 is 0. The second-order valence-electron chi connectivity index (χ2n) is 4.07. The molecule has 2 nitrogen and oxygen atoms in total. The van der Waals surface area contributed by atoms with Gasteiger partial charge in [-0.2, -0.15) is 0 Å². The van der Waals surface area contributed by atoms with Crippen molar-refractivity contribution in [1.29, 1.82) is 0 Å². The highest BCUT2D eigenvalue weighted by molar-refractivity contribution is 6.15. The largest absolute Gasteiger partial charge is 0.289 e. The van der Waals surface area contributed by atoms with E-state index >= 15 is 0 Å². The molecule has 86 valence electrons. The number of carbonyl (C=O) groups is 1. The van der Waals surface area contributed by atoms with Crippen molar-refractivity contribution in [3.8, 4) is 0 Å². The van der Waals surface area contributed by atoms with E-state index in [0.29, 0.717) is 11.1 Å². The lowest BCUT2D eigenvalue weighted by molar-refractivity contribution is 0.104. The summed E-state index contributed by atoms with van der Waals surface area (Å²) in [6, 6.07) is 18.7. The number of carbonyl (C=O) groups excluding carboxylic acids is 1. The van der Waals surface area contributed by atoms with Crippen molar-refractivity contribution in [2.45, 2.75) is 0 Å². The van der Waals surface area contributed by atoms with Crippen LogP contribution in [0.25, 0.3) is 10.9 Å². The number of aromatic nitrogens is 1. The molecule has 0 radical (unpaired) electrons. The van der Waals surface area contributed by atoms with Crippen LogP contribution in [-0.4, -0.2) is 10.8 Å². The van der Waals surface area contributed by atoms with Crippen LogP contribution < -0.4 is 0 Å². The zero-order valence-electron chi connectivity index (χ0n) is 9.71. The van der Waals surface area contributed by atoms with Gasteiger partial charge in [-0.3, -0.25) is 9.78 Å². The van der Waals surface area contributed by atoms with E-state index in [0.717, 1.165) is 10.9 Å². The van der Waals surface area contributed by atoms with E-state index in [9.17, 15) is 4.79 Å². The molecule has 0 amide bonds. The fraction of sp³-hybridized carbons (Fsp3) is 0. The topological polar surface area (TPSA) is 30.0 Å². The molecule has 0 fully saturated rings. The van der Waals surface area contributed by atoms with E-state index in [1.807, 2.05) is 60.7 Å². The van der Waals surface area contributed by atoms with E-state index in [-0.39, 0.29) is 5.78 Å². The number of rotatable bonds is 2. The third-order valence-electron chi connectivity index (χ3n) is 2.93. The molecule has 2 heteroatoms. The first-order valence-electron chi connectivity index (χ1n) is 5.80. The molecule has 18 heavy (non-hydrogen) atoms. The summed E-state index contributed by atoms with van der Waals surface area (Å²) in [6.07, 6.45) is 1.74. The normalized spacial score (nSPS) is 10.4. The van der Waals surface area contributed by atoms with Crippen LogP contribution in [0.1, 0.15) is 15.9 Å². The Labute approximate surface area is 105 Å². The fourth-order valence-electron chi connectivity index (χ4n) is 2.05. The number of hydrogen-bond donors (Lipinski definition) is 0. The summed E-state index contributed by atoms with van der Waals surface area (Å²) in [7, 11) is 0. The molecule has 0 aliphatic rings. The predicted octanol–water partition coefficient (Wildman–Crippen LogP) is 3.47. The third kappa shape index (κ3) is 1.78. The van der Waals surface area contributed by atoms with Crippen molar-refractivity contribution in [3.05, 3.63) is 78.0 Å². The first-order valence-corrected chi connectivity index (χ1v) is 5.80. The molecule has 1 aromatic heterocycles. The number of benzene rings is 2. The van der Waals surface area contributed by atoms with E-state index in [1.165, 1.54) is 0 Å². The standard InChI is InChI=1S/C16H11NO/c18-16(12-6-2-1-3-7-12)14-8-4-10-15-13(14)9-5-11-17-15/h1-11H. The highest BCUT2D eigenvalue weighted by Crippen LogP contribution is 2.19. The molecule has 3 aromatic rings. The minimum atomic E-state index is 0.0363. The fourth-order valence-corrected chi connectivity index (χ4v) is 2.05. The Balaban J connectivity index is 2.18. The van der Waals surface area contributed by atoms with E-state index in [4.69, 9.17) is 0 Å². The van der Waals surface area contributed by atoms with E-state index < -0.39 is 0 Å². The Kier molecular flexibility index (Phi) is 2.61. The van der Waals surface area contributed by atoms with Gasteiger partial charge in [-0.05, 0) is 12.1 Å². The molecule has 3 rings (SSSR count). The molecule has 1 heterocycles. The molecule has 0 unspecified atom stereocenters. The minimum absolute atomic E-state index is 0.0363. The molecular weight excluding hydrogens is 222 g/mol. The zero-order chi connectivity index (χ0) is 12.4. The van der Waals surface area contributed by atoms with Gasteiger partial charge in [0.15, 0.2) is 5.78 Å². The number of nitrogens with zero attached hydrogens (tertiary/aromatic N) is 1. The van der Waals surface area contributed by atoms with Crippen LogP contribution in [-0.2, 0) is 0 Å². The van der Waals surface area contributed by atoms with Gasteiger partial charge >= 0.3 is 0 Å². The number of pyridine rings is 1. The Morgan fingerprint density at radius 3 is 2.50 bits per heavy atom. The van der Waals surface area contributed by atoms with Gasteiger partial charge in [0.25, 0.3) is 0 Å². The Hall–Kier alpha value is -2.48. The molecule has 0 spiro atoms. The summed E-state index contributed by atoms with van der Waals surface area (Å²) >= 11 is 0. The van der Waals surface area contributed by atoms with Crippen LogP contribution >= 0.6 is 0 Å². The monoisotopic (exact) mass is 233 g/mol. The summed E-state index contributed by atoms with van der Waals surface area (Å²) in [4.78, 5) is 16.7. The lowest BCUT2D eigenvalue weighted by Gasteiger charge is -2.04. The number of hydrogen-bond acceptors (Lipinski definition) is 2.